The Morgan fingerprint density at radius 3 is 2.82 bits per heavy atom. The number of halogens is 1. The number of hydrogen-bond donors (Lipinski definition) is 1. The lowest BCUT2D eigenvalue weighted by Gasteiger charge is -1.84. The highest BCUT2D eigenvalue weighted by Crippen LogP contribution is 2.35. The summed E-state index contributed by atoms with van der Waals surface area (Å²) < 4.78 is 5.33. The maximum absolute atomic E-state index is 11.0. The average Bonchev–Trinajstić information content (AvgIpc) is 2.28. The van der Waals surface area contributed by atoms with E-state index in [1.807, 2.05) is 0 Å². The van der Waals surface area contributed by atoms with Crippen LogP contribution in [0.1, 0.15) is 0 Å². The minimum absolute atomic E-state index is 0.270. The second-order valence-corrected chi connectivity index (χ2v) is 4.92. The maximum atomic E-state index is 11.0. The van der Waals surface area contributed by atoms with Gasteiger partial charge in [-0.25, -0.2) is 0 Å². The van der Waals surface area contributed by atoms with Crippen LogP contribution in [0.3, 0.4) is 0 Å². The predicted octanol–water partition coefficient (Wildman–Crippen LogP) is 2.39. The summed E-state index contributed by atoms with van der Waals surface area (Å²) in [6, 6.07) is 1.71. The molecular weight excluding hydrogens is 230 g/mol. The molecule has 1 atom stereocenters. The Hall–Kier alpha value is -0.550. The number of anilines is 1. The van der Waals surface area contributed by atoms with Crippen molar-refractivity contribution in [2.24, 2.45) is 0 Å². The summed E-state index contributed by atoms with van der Waals surface area (Å²) >= 11 is 3.23. The lowest BCUT2D eigenvalue weighted by atomic mass is 10.6. The first-order valence-electron chi connectivity index (χ1n) is 2.80. The van der Waals surface area contributed by atoms with Crippen LogP contribution in [0.25, 0.3) is 0 Å². The Kier molecular flexibility index (Phi) is 2.51. The van der Waals surface area contributed by atoms with Gasteiger partial charge < -0.3 is 10.5 Å². The largest absolute Gasteiger partial charge is 0.555 e. The van der Waals surface area contributed by atoms with Crippen molar-refractivity contribution in [1.82, 2.24) is 0 Å². The minimum atomic E-state index is -0.617. The van der Waals surface area contributed by atoms with E-state index in [0.29, 0.717) is 5.69 Å². The molecule has 0 radical (unpaired) electrons. The van der Waals surface area contributed by atoms with Gasteiger partial charge in [-0.2, -0.15) is 4.79 Å². The number of carbonyl (C=O) groups is 1. The molecule has 0 spiro atoms. The molecule has 0 aromatic carbocycles. The second-order valence-electron chi connectivity index (χ2n) is 1.86. The van der Waals surface area contributed by atoms with E-state index in [2.05, 4.69) is 20.7 Å². The normalized spacial score (nSPS) is 11.3. The Bertz CT molecular complexity index is 284. The molecule has 11 heavy (non-hydrogen) atoms. The van der Waals surface area contributed by atoms with E-state index < -0.39 is 10.5 Å². The highest BCUT2D eigenvalue weighted by molar-refractivity contribution is 9.11. The fourth-order valence-corrected chi connectivity index (χ4v) is 2.73. The third kappa shape index (κ3) is 1.72. The van der Waals surface area contributed by atoms with E-state index in [4.69, 9.17) is 5.73 Å². The summed E-state index contributed by atoms with van der Waals surface area (Å²) in [5, 5.41) is 1.41. The molecule has 1 heterocycles. The first-order chi connectivity index (χ1) is 5.15. The van der Waals surface area contributed by atoms with Gasteiger partial charge in [0.05, 0.1) is 12.8 Å². The van der Waals surface area contributed by atoms with Gasteiger partial charge in [-0.15, -0.1) is 0 Å². The number of rotatable bonds is 1. The van der Waals surface area contributed by atoms with E-state index in [1.165, 1.54) is 7.11 Å². The Labute approximate surface area is 75.3 Å². The molecule has 5 heteroatoms. The smallest absolute Gasteiger partial charge is 0.425 e. The quantitative estimate of drug-likeness (QED) is 0.602. The summed E-state index contributed by atoms with van der Waals surface area (Å²) in [5.74, 6) is 0. The lowest BCUT2D eigenvalue weighted by molar-refractivity contribution is 0.199. The van der Waals surface area contributed by atoms with Crippen LogP contribution in [0.15, 0.2) is 15.2 Å². The van der Waals surface area contributed by atoms with Gasteiger partial charge in [0.2, 0.25) is 3.79 Å². The van der Waals surface area contributed by atoms with E-state index in [9.17, 15) is 4.79 Å². The van der Waals surface area contributed by atoms with Crippen molar-refractivity contribution in [2.75, 3.05) is 12.8 Å². The Morgan fingerprint density at radius 2 is 2.45 bits per heavy atom. The fraction of sp³-hybridized carbons (Fsp3) is 0.167. The molecule has 1 aromatic heterocycles. The fourth-order valence-electron chi connectivity index (χ4n) is 0.638. The van der Waals surface area contributed by atoms with Crippen molar-refractivity contribution >= 4 is 37.4 Å². The SMILES string of the molecule is COC(=O)[s+]1cc(N)cc1Br. The molecule has 1 unspecified atom stereocenters. The van der Waals surface area contributed by atoms with Crippen LogP contribution in [0, 0.1) is 0 Å². The second kappa shape index (κ2) is 3.23. The van der Waals surface area contributed by atoms with Crippen LogP contribution in [0.2, 0.25) is 0 Å². The van der Waals surface area contributed by atoms with Gasteiger partial charge in [-0.3, -0.25) is 0 Å². The highest BCUT2D eigenvalue weighted by atomic mass is 79.9. The molecule has 0 saturated carbocycles. The number of thiophene rings is 1. The molecule has 0 bridgehead atoms. The molecule has 0 aliphatic carbocycles. The van der Waals surface area contributed by atoms with E-state index in [1.54, 1.807) is 11.4 Å². The van der Waals surface area contributed by atoms with Gasteiger partial charge in [-0.1, -0.05) is 0 Å². The van der Waals surface area contributed by atoms with Gasteiger partial charge in [0, 0.05) is 22.0 Å². The van der Waals surface area contributed by atoms with Crippen molar-refractivity contribution in [2.45, 2.75) is 0 Å². The number of ether oxygens (including phenoxy) is 1. The van der Waals surface area contributed by atoms with Crippen LogP contribution >= 0.6 is 26.4 Å². The van der Waals surface area contributed by atoms with Gasteiger partial charge in [-0.05, 0) is 0 Å². The molecule has 60 valence electrons. The first-order valence-corrected chi connectivity index (χ1v) is 4.89. The zero-order chi connectivity index (χ0) is 8.43. The van der Waals surface area contributed by atoms with Gasteiger partial charge in [0.1, 0.15) is 10.5 Å². The molecule has 3 nitrogen and oxygen atoms in total. The third-order valence-corrected chi connectivity index (χ3v) is 3.94. The van der Waals surface area contributed by atoms with Gasteiger partial charge in [0.15, 0.2) is 5.38 Å². The molecule has 0 saturated heterocycles. The standard InChI is InChI=1S/C6H7BrNO2S/c1-10-6(9)11-3-4(8)2-5(11)7/h2-3H,8H2,1H3/q+1. The average molecular weight is 237 g/mol. The topological polar surface area (TPSA) is 52.3 Å². The van der Waals surface area contributed by atoms with Crippen LogP contribution < -0.4 is 5.73 Å². The number of nitrogens with two attached hydrogens (primary N) is 1. The molecule has 2 N–H and O–H groups in total. The molecule has 1 aromatic rings. The van der Waals surface area contributed by atoms with Crippen molar-refractivity contribution in [3.05, 3.63) is 15.2 Å². The monoisotopic (exact) mass is 236 g/mol. The van der Waals surface area contributed by atoms with Crippen LogP contribution in [0.4, 0.5) is 10.5 Å². The van der Waals surface area contributed by atoms with Crippen molar-refractivity contribution in [3.8, 4) is 0 Å². The summed E-state index contributed by atoms with van der Waals surface area (Å²) in [5.41, 5.74) is 6.06. The minimum Gasteiger partial charge on any atom is -0.425 e. The van der Waals surface area contributed by atoms with Crippen LogP contribution in [-0.4, -0.2) is 12.4 Å². The zero-order valence-electron chi connectivity index (χ0n) is 5.83. The number of nitrogen functional groups attached to an aromatic ring is 1. The summed E-state index contributed by atoms with van der Waals surface area (Å²) in [6.07, 6.45) is 0. The molecule has 0 aliphatic rings. The number of carbonyl (C=O) groups excluding carboxylic acids is 1. The predicted molar refractivity (Wildman–Crippen MR) is 48.8 cm³/mol. The van der Waals surface area contributed by atoms with E-state index in [0.717, 1.165) is 3.79 Å². The lowest BCUT2D eigenvalue weighted by Crippen LogP contribution is -1.89. The molecule has 0 aliphatic heterocycles. The van der Waals surface area contributed by atoms with E-state index >= 15 is 0 Å². The molecule has 1 rings (SSSR count). The summed E-state index contributed by atoms with van der Waals surface area (Å²) in [7, 11) is 0.742. The highest BCUT2D eigenvalue weighted by Gasteiger charge is 2.23. The van der Waals surface area contributed by atoms with Crippen LogP contribution in [0.5, 0.6) is 0 Å². The third-order valence-electron chi connectivity index (χ3n) is 1.09. The first kappa shape index (κ1) is 8.55. The van der Waals surface area contributed by atoms with Gasteiger partial charge >= 0.3 is 5.30 Å². The summed E-state index contributed by atoms with van der Waals surface area (Å²) in [4.78, 5) is 11.0. The number of hydrogen-bond acceptors (Lipinski definition) is 3. The molecule has 0 fully saturated rings. The Morgan fingerprint density at radius 1 is 1.82 bits per heavy atom. The van der Waals surface area contributed by atoms with Gasteiger partial charge in [0.25, 0.3) is 0 Å². The zero-order valence-corrected chi connectivity index (χ0v) is 8.24. The Balaban J connectivity index is 3.03. The van der Waals surface area contributed by atoms with Crippen molar-refractivity contribution in [3.63, 3.8) is 0 Å². The number of methoxy groups -OCH3 is 1. The molecule has 0 amide bonds. The molecular formula is C6H7BrNO2S+. The van der Waals surface area contributed by atoms with Crippen LogP contribution in [-0.2, 0) is 4.74 Å². The summed E-state index contributed by atoms with van der Waals surface area (Å²) in [6.45, 7) is 0. The van der Waals surface area contributed by atoms with E-state index in [-0.39, 0.29) is 5.30 Å². The maximum Gasteiger partial charge on any atom is 0.555 e. The van der Waals surface area contributed by atoms with Crippen molar-refractivity contribution in [1.29, 1.82) is 0 Å². The van der Waals surface area contributed by atoms with Crippen molar-refractivity contribution < 1.29 is 9.53 Å².